The highest BCUT2D eigenvalue weighted by atomic mass is 79.9. The Morgan fingerprint density at radius 2 is 2.14 bits per heavy atom. The molecular formula is C13H17Br. The van der Waals surface area contributed by atoms with Gasteiger partial charge < -0.3 is 0 Å². The molecule has 0 radical (unpaired) electrons. The average Bonchev–Trinajstić information content (AvgIpc) is 2.18. The molecule has 1 aromatic rings. The van der Waals surface area contributed by atoms with Gasteiger partial charge in [-0.05, 0) is 36.5 Å². The second kappa shape index (κ2) is 6.02. The lowest BCUT2D eigenvalue weighted by molar-refractivity contribution is 0.778. The van der Waals surface area contributed by atoms with Crippen molar-refractivity contribution < 1.29 is 0 Å². The summed E-state index contributed by atoms with van der Waals surface area (Å²) in [5, 5.41) is 0. The predicted molar refractivity (Wildman–Crippen MR) is 66.6 cm³/mol. The molecule has 0 N–H and O–H groups in total. The lowest BCUT2D eigenvalue weighted by Gasteiger charge is -2.09. The van der Waals surface area contributed by atoms with Crippen LogP contribution in [-0.4, -0.2) is 0 Å². The van der Waals surface area contributed by atoms with Crippen LogP contribution in [0, 0.1) is 0 Å². The minimum Gasteiger partial charge on any atom is -0.0888 e. The third-order valence-electron chi connectivity index (χ3n) is 2.31. The van der Waals surface area contributed by atoms with Gasteiger partial charge in [-0.1, -0.05) is 54.1 Å². The van der Waals surface area contributed by atoms with Crippen LogP contribution in [-0.2, 0) is 0 Å². The number of hydrogen-bond donors (Lipinski definition) is 0. The van der Waals surface area contributed by atoms with E-state index in [4.69, 9.17) is 0 Å². The molecule has 0 aromatic heterocycles. The van der Waals surface area contributed by atoms with Crippen molar-refractivity contribution in [3.8, 4) is 0 Å². The summed E-state index contributed by atoms with van der Waals surface area (Å²) >= 11 is 3.49. The molecule has 0 amide bonds. The van der Waals surface area contributed by atoms with Crippen molar-refractivity contribution in [2.75, 3.05) is 0 Å². The molecule has 1 rings (SSSR count). The largest absolute Gasteiger partial charge is 0.0888 e. The zero-order chi connectivity index (χ0) is 10.4. The quantitative estimate of drug-likeness (QED) is 0.669. The van der Waals surface area contributed by atoms with E-state index in [-0.39, 0.29) is 0 Å². The van der Waals surface area contributed by atoms with E-state index < -0.39 is 0 Å². The molecular weight excluding hydrogens is 236 g/mol. The van der Waals surface area contributed by atoms with E-state index in [0.717, 1.165) is 12.8 Å². The molecule has 0 spiro atoms. The van der Waals surface area contributed by atoms with Crippen molar-refractivity contribution in [1.82, 2.24) is 0 Å². The first-order chi connectivity index (χ1) is 6.74. The molecule has 0 nitrogen and oxygen atoms in total. The van der Waals surface area contributed by atoms with Gasteiger partial charge in [0.1, 0.15) is 0 Å². The maximum Gasteiger partial charge on any atom is 0.0178 e. The SMILES string of the molecule is CC/C=C\CC(C)c1cccc(Br)c1. The maximum absolute atomic E-state index is 3.49. The highest BCUT2D eigenvalue weighted by Crippen LogP contribution is 2.22. The molecule has 76 valence electrons. The molecule has 1 aromatic carbocycles. The molecule has 0 fully saturated rings. The molecule has 0 aliphatic rings. The highest BCUT2D eigenvalue weighted by molar-refractivity contribution is 9.10. The van der Waals surface area contributed by atoms with Crippen LogP contribution in [0.4, 0.5) is 0 Å². The topological polar surface area (TPSA) is 0 Å². The molecule has 1 unspecified atom stereocenters. The van der Waals surface area contributed by atoms with E-state index in [1.807, 2.05) is 0 Å². The van der Waals surface area contributed by atoms with Crippen molar-refractivity contribution in [2.24, 2.45) is 0 Å². The zero-order valence-corrected chi connectivity index (χ0v) is 10.4. The van der Waals surface area contributed by atoms with Crippen LogP contribution >= 0.6 is 15.9 Å². The molecule has 1 heteroatoms. The Morgan fingerprint density at radius 1 is 1.36 bits per heavy atom. The molecule has 0 bridgehead atoms. The molecule has 0 aliphatic heterocycles. The number of allylic oxidation sites excluding steroid dienone is 2. The van der Waals surface area contributed by atoms with Crippen LogP contribution in [0.3, 0.4) is 0 Å². The van der Waals surface area contributed by atoms with E-state index in [0.29, 0.717) is 5.92 Å². The van der Waals surface area contributed by atoms with E-state index in [1.54, 1.807) is 0 Å². The summed E-state index contributed by atoms with van der Waals surface area (Å²) in [5.41, 5.74) is 1.40. The van der Waals surface area contributed by atoms with Crippen molar-refractivity contribution in [3.63, 3.8) is 0 Å². The molecule has 1 atom stereocenters. The first kappa shape index (κ1) is 11.5. The molecule has 0 aliphatic carbocycles. The smallest absolute Gasteiger partial charge is 0.0178 e. The third-order valence-corrected chi connectivity index (χ3v) is 2.80. The Morgan fingerprint density at radius 3 is 2.79 bits per heavy atom. The number of benzene rings is 1. The molecule has 0 heterocycles. The Labute approximate surface area is 95.2 Å². The van der Waals surface area contributed by atoms with Gasteiger partial charge in [-0.25, -0.2) is 0 Å². The normalized spacial score (nSPS) is 13.4. The van der Waals surface area contributed by atoms with Gasteiger partial charge in [0.05, 0.1) is 0 Å². The number of halogens is 1. The second-order valence-electron chi connectivity index (χ2n) is 3.57. The fraction of sp³-hybridized carbons (Fsp3) is 0.385. The van der Waals surface area contributed by atoms with Crippen LogP contribution in [0.25, 0.3) is 0 Å². The molecule has 0 saturated heterocycles. The van der Waals surface area contributed by atoms with E-state index >= 15 is 0 Å². The van der Waals surface area contributed by atoms with E-state index in [9.17, 15) is 0 Å². The van der Waals surface area contributed by atoms with Gasteiger partial charge in [0, 0.05) is 4.47 Å². The van der Waals surface area contributed by atoms with Crippen LogP contribution in [0.2, 0.25) is 0 Å². The monoisotopic (exact) mass is 252 g/mol. The van der Waals surface area contributed by atoms with Crippen molar-refractivity contribution in [2.45, 2.75) is 32.6 Å². The summed E-state index contributed by atoms with van der Waals surface area (Å²) in [6.45, 7) is 4.43. The van der Waals surface area contributed by atoms with Crippen LogP contribution in [0.5, 0.6) is 0 Å². The number of rotatable bonds is 4. The van der Waals surface area contributed by atoms with Gasteiger partial charge in [0.2, 0.25) is 0 Å². The Balaban J connectivity index is 2.60. The van der Waals surface area contributed by atoms with Crippen molar-refractivity contribution in [1.29, 1.82) is 0 Å². The predicted octanol–water partition coefficient (Wildman–Crippen LogP) is 4.91. The van der Waals surface area contributed by atoms with Crippen LogP contribution < -0.4 is 0 Å². The van der Waals surface area contributed by atoms with Gasteiger partial charge in [-0.3, -0.25) is 0 Å². The summed E-state index contributed by atoms with van der Waals surface area (Å²) in [7, 11) is 0. The van der Waals surface area contributed by atoms with Gasteiger partial charge in [0.15, 0.2) is 0 Å². The fourth-order valence-corrected chi connectivity index (χ4v) is 1.83. The maximum atomic E-state index is 3.49. The van der Waals surface area contributed by atoms with Crippen LogP contribution in [0.15, 0.2) is 40.9 Å². The number of hydrogen-bond acceptors (Lipinski definition) is 0. The third kappa shape index (κ3) is 3.67. The van der Waals surface area contributed by atoms with Crippen LogP contribution in [0.1, 0.15) is 38.2 Å². The van der Waals surface area contributed by atoms with Gasteiger partial charge in [-0.15, -0.1) is 0 Å². The second-order valence-corrected chi connectivity index (χ2v) is 4.49. The summed E-state index contributed by atoms with van der Waals surface area (Å²) < 4.78 is 1.17. The summed E-state index contributed by atoms with van der Waals surface area (Å²) in [6, 6.07) is 8.55. The summed E-state index contributed by atoms with van der Waals surface area (Å²) in [6.07, 6.45) is 6.76. The Hall–Kier alpha value is -0.560. The van der Waals surface area contributed by atoms with E-state index in [2.05, 4.69) is 66.2 Å². The summed E-state index contributed by atoms with van der Waals surface area (Å²) in [5.74, 6) is 0.607. The van der Waals surface area contributed by atoms with Crippen molar-refractivity contribution in [3.05, 3.63) is 46.5 Å². The minimum atomic E-state index is 0.607. The van der Waals surface area contributed by atoms with Crippen molar-refractivity contribution >= 4 is 15.9 Å². The lowest BCUT2D eigenvalue weighted by atomic mass is 9.98. The van der Waals surface area contributed by atoms with Gasteiger partial charge in [0.25, 0.3) is 0 Å². The van der Waals surface area contributed by atoms with Gasteiger partial charge in [-0.2, -0.15) is 0 Å². The fourth-order valence-electron chi connectivity index (χ4n) is 1.42. The zero-order valence-electron chi connectivity index (χ0n) is 8.83. The molecule has 14 heavy (non-hydrogen) atoms. The minimum absolute atomic E-state index is 0.607. The lowest BCUT2D eigenvalue weighted by Crippen LogP contribution is -1.91. The highest BCUT2D eigenvalue weighted by Gasteiger charge is 2.02. The van der Waals surface area contributed by atoms with E-state index in [1.165, 1.54) is 10.0 Å². The average molecular weight is 253 g/mol. The first-order valence-electron chi connectivity index (χ1n) is 5.14. The Kier molecular flexibility index (Phi) is 4.95. The Bertz CT molecular complexity index is 302. The standard InChI is InChI=1S/C13H17Br/c1-3-4-5-7-11(2)12-8-6-9-13(14)10-12/h4-6,8-11H,3,7H2,1-2H3/b5-4-. The van der Waals surface area contributed by atoms with Gasteiger partial charge >= 0.3 is 0 Å². The summed E-state index contributed by atoms with van der Waals surface area (Å²) in [4.78, 5) is 0. The first-order valence-corrected chi connectivity index (χ1v) is 5.93. The molecule has 0 saturated carbocycles.